The first-order valence-electron chi connectivity index (χ1n) is 5.65. The number of halogens is 1. The highest BCUT2D eigenvalue weighted by atomic mass is 19.1. The Balaban J connectivity index is 3.20. The van der Waals surface area contributed by atoms with Crippen molar-refractivity contribution in [2.24, 2.45) is 5.73 Å². The lowest BCUT2D eigenvalue weighted by Gasteiger charge is -2.29. The van der Waals surface area contributed by atoms with Gasteiger partial charge in [-0.2, -0.15) is 0 Å². The van der Waals surface area contributed by atoms with E-state index in [2.05, 4.69) is 0 Å². The highest BCUT2D eigenvalue weighted by Gasteiger charge is 2.39. The lowest BCUT2D eigenvalue weighted by atomic mass is 9.77. The van der Waals surface area contributed by atoms with Crippen molar-refractivity contribution in [3.8, 4) is 0 Å². The van der Waals surface area contributed by atoms with Crippen LogP contribution >= 0.6 is 0 Å². The summed E-state index contributed by atoms with van der Waals surface area (Å²) in [5, 5.41) is 0. The van der Waals surface area contributed by atoms with Crippen LogP contribution in [0, 0.1) is 5.82 Å². The highest BCUT2D eigenvalue weighted by molar-refractivity contribution is 5.83. The third-order valence-electron chi connectivity index (χ3n) is 3.00. The molecular weight excluding hydrogens is 221 g/mol. The van der Waals surface area contributed by atoms with Gasteiger partial charge in [0.1, 0.15) is 11.2 Å². The van der Waals surface area contributed by atoms with Gasteiger partial charge in [0, 0.05) is 6.54 Å². The Morgan fingerprint density at radius 1 is 1.41 bits per heavy atom. The predicted molar refractivity (Wildman–Crippen MR) is 64.1 cm³/mol. The van der Waals surface area contributed by atoms with E-state index < -0.39 is 5.41 Å². The first kappa shape index (κ1) is 13.6. The van der Waals surface area contributed by atoms with Crippen LogP contribution in [0.5, 0.6) is 0 Å². The largest absolute Gasteiger partial charge is 0.468 e. The summed E-state index contributed by atoms with van der Waals surface area (Å²) < 4.78 is 17.7. The van der Waals surface area contributed by atoms with Crippen molar-refractivity contribution in [2.45, 2.75) is 25.2 Å². The van der Waals surface area contributed by atoms with Crippen LogP contribution < -0.4 is 5.73 Å². The van der Waals surface area contributed by atoms with Gasteiger partial charge in [0.2, 0.25) is 0 Å². The molecule has 0 heterocycles. The third-order valence-corrected chi connectivity index (χ3v) is 3.00. The van der Waals surface area contributed by atoms with Crippen LogP contribution in [-0.2, 0) is 14.9 Å². The zero-order chi connectivity index (χ0) is 12.9. The molecule has 1 aromatic carbocycles. The van der Waals surface area contributed by atoms with E-state index in [1.165, 1.54) is 19.2 Å². The molecule has 0 aliphatic rings. The van der Waals surface area contributed by atoms with Gasteiger partial charge in [-0.05, 0) is 24.1 Å². The minimum atomic E-state index is -0.864. The summed E-state index contributed by atoms with van der Waals surface area (Å²) in [6.07, 6.45) is 1.38. The predicted octanol–water partition coefficient (Wildman–Crippen LogP) is 2.00. The molecule has 0 bridgehead atoms. The lowest BCUT2D eigenvalue weighted by molar-refractivity contribution is -0.147. The van der Waals surface area contributed by atoms with Crippen LogP contribution in [-0.4, -0.2) is 19.6 Å². The number of methoxy groups -OCH3 is 1. The summed E-state index contributed by atoms with van der Waals surface area (Å²) in [7, 11) is 1.34. The van der Waals surface area contributed by atoms with E-state index in [-0.39, 0.29) is 18.3 Å². The summed E-state index contributed by atoms with van der Waals surface area (Å²) in [6, 6.07) is 5.85. The Bertz CT molecular complexity index is 378. The molecule has 0 aliphatic carbocycles. The van der Waals surface area contributed by atoms with Crippen LogP contribution in [0.2, 0.25) is 0 Å². The van der Waals surface area contributed by atoms with Gasteiger partial charge in [-0.15, -0.1) is 0 Å². The molecule has 17 heavy (non-hydrogen) atoms. The number of hydrogen-bond donors (Lipinski definition) is 1. The minimum Gasteiger partial charge on any atom is -0.468 e. The molecule has 0 spiro atoms. The van der Waals surface area contributed by atoms with E-state index in [0.29, 0.717) is 12.0 Å². The SMILES string of the molecule is CCCC(CN)(C(=O)OC)c1ccc(F)cc1. The van der Waals surface area contributed by atoms with E-state index in [4.69, 9.17) is 10.5 Å². The minimum absolute atomic E-state index is 0.152. The van der Waals surface area contributed by atoms with E-state index in [1.54, 1.807) is 12.1 Å². The smallest absolute Gasteiger partial charge is 0.317 e. The lowest BCUT2D eigenvalue weighted by Crippen LogP contribution is -2.43. The molecule has 3 nitrogen and oxygen atoms in total. The van der Waals surface area contributed by atoms with E-state index in [0.717, 1.165) is 6.42 Å². The van der Waals surface area contributed by atoms with Crippen molar-refractivity contribution < 1.29 is 13.9 Å². The molecule has 0 aromatic heterocycles. The molecule has 0 fully saturated rings. The zero-order valence-corrected chi connectivity index (χ0v) is 10.2. The molecule has 4 heteroatoms. The molecule has 1 rings (SSSR count). The molecule has 0 saturated heterocycles. The number of rotatable bonds is 5. The Hall–Kier alpha value is -1.42. The molecule has 1 atom stereocenters. The number of carbonyl (C=O) groups is 1. The van der Waals surface area contributed by atoms with E-state index >= 15 is 0 Å². The van der Waals surface area contributed by atoms with Gasteiger partial charge in [-0.1, -0.05) is 25.5 Å². The summed E-state index contributed by atoms with van der Waals surface area (Å²) in [5.74, 6) is -0.700. The second-order valence-corrected chi connectivity index (χ2v) is 4.03. The second-order valence-electron chi connectivity index (χ2n) is 4.03. The summed E-state index contributed by atoms with van der Waals surface area (Å²) in [6.45, 7) is 2.12. The molecule has 0 aliphatic heterocycles. The van der Waals surface area contributed by atoms with Crippen molar-refractivity contribution in [3.05, 3.63) is 35.6 Å². The van der Waals surface area contributed by atoms with Crippen LogP contribution in [0.25, 0.3) is 0 Å². The normalized spacial score (nSPS) is 14.1. The first-order valence-corrected chi connectivity index (χ1v) is 5.65. The molecule has 1 unspecified atom stereocenters. The van der Waals surface area contributed by atoms with Crippen LogP contribution in [0.15, 0.2) is 24.3 Å². The zero-order valence-electron chi connectivity index (χ0n) is 10.2. The molecular formula is C13H18FNO2. The van der Waals surface area contributed by atoms with E-state index in [9.17, 15) is 9.18 Å². The van der Waals surface area contributed by atoms with E-state index in [1.807, 2.05) is 6.92 Å². The van der Waals surface area contributed by atoms with Crippen LogP contribution in [0.4, 0.5) is 4.39 Å². The maximum absolute atomic E-state index is 12.9. The first-order chi connectivity index (χ1) is 8.10. The number of hydrogen-bond acceptors (Lipinski definition) is 3. The maximum atomic E-state index is 12.9. The number of carbonyl (C=O) groups excluding carboxylic acids is 1. The van der Waals surface area contributed by atoms with Gasteiger partial charge in [-0.25, -0.2) is 4.39 Å². The molecule has 94 valence electrons. The van der Waals surface area contributed by atoms with Gasteiger partial charge in [-0.3, -0.25) is 4.79 Å². The number of esters is 1. The molecule has 0 amide bonds. The van der Waals surface area contributed by atoms with Crippen molar-refractivity contribution >= 4 is 5.97 Å². The molecule has 2 N–H and O–H groups in total. The fourth-order valence-electron chi connectivity index (χ4n) is 2.06. The molecule has 0 radical (unpaired) electrons. The monoisotopic (exact) mass is 239 g/mol. The fourth-order valence-corrected chi connectivity index (χ4v) is 2.06. The molecule has 1 aromatic rings. The number of benzene rings is 1. The van der Waals surface area contributed by atoms with Gasteiger partial charge in [0.15, 0.2) is 0 Å². The Labute approximate surface area is 101 Å². The summed E-state index contributed by atoms with van der Waals surface area (Å²) in [4.78, 5) is 11.9. The Morgan fingerprint density at radius 2 is 2.00 bits per heavy atom. The standard InChI is InChI=1S/C13H18FNO2/c1-3-8-13(9-15,12(16)17-2)10-4-6-11(14)7-5-10/h4-7H,3,8-9,15H2,1-2H3. The van der Waals surface area contributed by atoms with Crippen molar-refractivity contribution in [1.29, 1.82) is 0 Å². The Kier molecular flexibility index (Phi) is 4.63. The second kappa shape index (κ2) is 5.77. The third kappa shape index (κ3) is 2.64. The van der Waals surface area contributed by atoms with Gasteiger partial charge < -0.3 is 10.5 Å². The highest BCUT2D eigenvalue weighted by Crippen LogP contribution is 2.30. The van der Waals surface area contributed by atoms with Crippen molar-refractivity contribution in [1.82, 2.24) is 0 Å². The maximum Gasteiger partial charge on any atom is 0.317 e. The van der Waals surface area contributed by atoms with Crippen LogP contribution in [0.1, 0.15) is 25.3 Å². The quantitative estimate of drug-likeness (QED) is 0.799. The van der Waals surface area contributed by atoms with Crippen molar-refractivity contribution in [2.75, 3.05) is 13.7 Å². The average Bonchev–Trinajstić information content (AvgIpc) is 2.36. The number of nitrogens with two attached hydrogens (primary N) is 1. The summed E-state index contributed by atoms with van der Waals surface area (Å²) in [5.41, 5.74) is 5.59. The molecule has 0 saturated carbocycles. The number of ether oxygens (including phenoxy) is 1. The average molecular weight is 239 g/mol. The van der Waals surface area contributed by atoms with Gasteiger partial charge in [0.05, 0.1) is 7.11 Å². The van der Waals surface area contributed by atoms with Crippen LogP contribution in [0.3, 0.4) is 0 Å². The summed E-state index contributed by atoms with van der Waals surface area (Å²) >= 11 is 0. The Morgan fingerprint density at radius 3 is 2.41 bits per heavy atom. The fraction of sp³-hybridized carbons (Fsp3) is 0.462. The van der Waals surface area contributed by atoms with Crippen molar-refractivity contribution in [3.63, 3.8) is 0 Å². The van der Waals surface area contributed by atoms with Gasteiger partial charge in [0.25, 0.3) is 0 Å². The van der Waals surface area contributed by atoms with Gasteiger partial charge >= 0.3 is 5.97 Å². The topological polar surface area (TPSA) is 52.3 Å².